The van der Waals surface area contributed by atoms with Crippen LogP contribution in [0.4, 0.5) is 11.4 Å². The number of hydrogen-bond acceptors (Lipinski definition) is 3. The molecule has 1 aromatic rings. The zero-order valence-electron chi connectivity index (χ0n) is 14.1. The minimum atomic E-state index is -0.516. The molecule has 1 atom stereocenters. The minimum absolute atomic E-state index is 0.0729. The van der Waals surface area contributed by atoms with Crippen LogP contribution in [0.3, 0.4) is 0 Å². The number of carbonyl (C=O) groups excluding carboxylic acids is 2. The summed E-state index contributed by atoms with van der Waals surface area (Å²) in [6.45, 7) is 9.44. The Labute approximate surface area is 132 Å². The van der Waals surface area contributed by atoms with E-state index in [9.17, 15) is 9.59 Å². The van der Waals surface area contributed by atoms with E-state index in [2.05, 4.69) is 10.6 Å². The Morgan fingerprint density at radius 1 is 1.23 bits per heavy atom. The van der Waals surface area contributed by atoms with E-state index in [0.29, 0.717) is 17.8 Å². The summed E-state index contributed by atoms with van der Waals surface area (Å²) in [5, 5.41) is 5.69. The molecule has 0 fully saturated rings. The van der Waals surface area contributed by atoms with E-state index in [-0.39, 0.29) is 11.8 Å². The molecule has 0 spiro atoms. The Morgan fingerprint density at radius 2 is 1.86 bits per heavy atom. The lowest BCUT2D eigenvalue weighted by atomic mass is 9.95. The van der Waals surface area contributed by atoms with E-state index in [1.54, 1.807) is 6.07 Å². The van der Waals surface area contributed by atoms with Crippen LogP contribution < -0.4 is 16.4 Å². The molecule has 1 aromatic carbocycles. The molecule has 5 nitrogen and oxygen atoms in total. The summed E-state index contributed by atoms with van der Waals surface area (Å²) in [5.74, 6) is -0.277. The largest absolute Gasteiger partial charge is 0.326 e. The lowest BCUT2D eigenvalue weighted by Gasteiger charge is -2.19. The number of aryl methyl sites for hydroxylation is 1. The van der Waals surface area contributed by atoms with Crippen molar-refractivity contribution in [1.82, 2.24) is 0 Å². The molecule has 1 rings (SSSR count). The maximum atomic E-state index is 12.0. The van der Waals surface area contributed by atoms with Crippen LogP contribution in [0.5, 0.6) is 0 Å². The van der Waals surface area contributed by atoms with Gasteiger partial charge in [-0.05, 0) is 31.0 Å². The summed E-state index contributed by atoms with van der Waals surface area (Å²) in [7, 11) is 0. The van der Waals surface area contributed by atoms with E-state index in [1.165, 1.54) is 0 Å². The molecule has 0 bridgehead atoms. The van der Waals surface area contributed by atoms with E-state index in [4.69, 9.17) is 5.73 Å². The first-order chi connectivity index (χ1) is 10.1. The molecule has 0 aromatic heterocycles. The van der Waals surface area contributed by atoms with Crippen LogP contribution in [0.25, 0.3) is 0 Å². The first-order valence-corrected chi connectivity index (χ1v) is 7.63. The number of carbonyl (C=O) groups is 2. The van der Waals surface area contributed by atoms with Gasteiger partial charge in [0.05, 0.1) is 6.04 Å². The third kappa shape index (κ3) is 5.15. The monoisotopic (exact) mass is 305 g/mol. The van der Waals surface area contributed by atoms with E-state index in [0.717, 1.165) is 12.0 Å². The number of amides is 2. The van der Waals surface area contributed by atoms with Crippen molar-refractivity contribution in [3.05, 3.63) is 23.8 Å². The third-order valence-corrected chi connectivity index (χ3v) is 3.37. The summed E-state index contributed by atoms with van der Waals surface area (Å²) < 4.78 is 0. The molecular weight excluding hydrogens is 278 g/mol. The minimum Gasteiger partial charge on any atom is -0.326 e. The summed E-state index contributed by atoms with van der Waals surface area (Å²) >= 11 is 0. The average molecular weight is 305 g/mol. The molecule has 0 heterocycles. The normalized spacial score (nSPS) is 12.6. The SMILES string of the molecule is CCCC(N)C(=O)Nc1cc(NC(=O)C(C)(C)C)ccc1C. The van der Waals surface area contributed by atoms with Gasteiger partial charge < -0.3 is 16.4 Å². The fraction of sp³-hybridized carbons (Fsp3) is 0.529. The average Bonchev–Trinajstić information content (AvgIpc) is 2.41. The van der Waals surface area contributed by atoms with Gasteiger partial charge in [-0.2, -0.15) is 0 Å². The Balaban J connectivity index is 2.87. The number of nitrogens with one attached hydrogen (secondary N) is 2. The van der Waals surface area contributed by atoms with Crippen molar-refractivity contribution in [3.8, 4) is 0 Å². The number of nitrogens with two attached hydrogens (primary N) is 1. The smallest absolute Gasteiger partial charge is 0.241 e. The molecule has 4 N–H and O–H groups in total. The fourth-order valence-corrected chi connectivity index (χ4v) is 1.82. The van der Waals surface area contributed by atoms with Crippen molar-refractivity contribution in [3.63, 3.8) is 0 Å². The van der Waals surface area contributed by atoms with Crippen LogP contribution in [0.15, 0.2) is 18.2 Å². The van der Waals surface area contributed by atoms with Gasteiger partial charge >= 0.3 is 0 Å². The standard InChI is InChI=1S/C17H27N3O2/c1-6-7-13(18)15(21)20-14-10-12(9-8-11(14)2)19-16(22)17(3,4)5/h8-10,13H,6-7,18H2,1-5H3,(H,19,22)(H,20,21). The van der Waals surface area contributed by atoms with Gasteiger partial charge in [-0.3, -0.25) is 9.59 Å². The van der Waals surface area contributed by atoms with Crippen LogP contribution in [0.2, 0.25) is 0 Å². The van der Waals surface area contributed by atoms with Crippen molar-refractivity contribution in [1.29, 1.82) is 0 Å². The third-order valence-electron chi connectivity index (χ3n) is 3.37. The van der Waals surface area contributed by atoms with Crippen LogP contribution in [0, 0.1) is 12.3 Å². The summed E-state index contributed by atoms with van der Waals surface area (Å²) in [6.07, 6.45) is 1.50. The van der Waals surface area contributed by atoms with Gasteiger partial charge in [0.1, 0.15) is 0 Å². The van der Waals surface area contributed by atoms with Crippen molar-refractivity contribution in [2.24, 2.45) is 11.1 Å². The molecule has 0 aliphatic carbocycles. The predicted molar refractivity (Wildman–Crippen MR) is 90.8 cm³/mol. The maximum absolute atomic E-state index is 12.0. The molecule has 122 valence electrons. The fourth-order valence-electron chi connectivity index (χ4n) is 1.82. The Kier molecular flexibility index (Phi) is 6.11. The maximum Gasteiger partial charge on any atom is 0.241 e. The summed E-state index contributed by atoms with van der Waals surface area (Å²) in [6, 6.07) is 4.92. The van der Waals surface area contributed by atoms with E-state index in [1.807, 2.05) is 46.8 Å². The summed E-state index contributed by atoms with van der Waals surface area (Å²) in [5.41, 5.74) is 7.59. The highest BCUT2D eigenvalue weighted by atomic mass is 16.2. The second-order valence-corrected chi connectivity index (χ2v) is 6.62. The topological polar surface area (TPSA) is 84.2 Å². The number of benzene rings is 1. The quantitative estimate of drug-likeness (QED) is 0.781. The molecule has 22 heavy (non-hydrogen) atoms. The van der Waals surface area contributed by atoms with Crippen LogP contribution in [0.1, 0.15) is 46.1 Å². The van der Waals surface area contributed by atoms with Crippen molar-refractivity contribution < 1.29 is 9.59 Å². The zero-order valence-corrected chi connectivity index (χ0v) is 14.1. The highest BCUT2D eigenvalue weighted by Gasteiger charge is 2.21. The van der Waals surface area contributed by atoms with Crippen LogP contribution in [-0.2, 0) is 9.59 Å². The van der Waals surface area contributed by atoms with Gasteiger partial charge in [-0.1, -0.05) is 40.2 Å². The van der Waals surface area contributed by atoms with Gasteiger partial charge in [-0.25, -0.2) is 0 Å². The van der Waals surface area contributed by atoms with Crippen molar-refractivity contribution in [2.45, 2.75) is 53.5 Å². The molecule has 0 saturated carbocycles. The molecule has 1 unspecified atom stereocenters. The number of anilines is 2. The predicted octanol–water partition coefficient (Wildman–Crippen LogP) is 3.05. The van der Waals surface area contributed by atoms with Gasteiger partial charge in [0.2, 0.25) is 11.8 Å². The Bertz CT molecular complexity index is 547. The molecule has 0 saturated heterocycles. The molecule has 2 amide bonds. The number of rotatable bonds is 5. The number of hydrogen-bond donors (Lipinski definition) is 3. The first kappa shape index (κ1) is 18.2. The van der Waals surface area contributed by atoms with Crippen LogP contribution in [-0.4, -0.2) is 17.9 Å². The van der Waals surface area contributed by atoms with E-state index < -0.39 is 11.5 Å². The lowest BCUT2D eigenvalue weighted by molar-refractivity contribution is -0.123. The second kappa shape index (κ2) is 7.40. The summed E-state index contributed by atoms with van der Waals surface area (Å²) in [4.78, 5) is 24.1. The highest BCUT2D eigenvalue weighted by molar-refractivity contribution is 5.98. The molecular formula is C17H27N3O2. The molecule has 0 aliphatic heterocycles. The van der Waals surface area contributed by atoms with Gasteiger partial charge in [0.25, 0.3) is 0 Å². The molecule has 0 aliphatic rings. The Hall–Kier alpha value is -1.88. The van der Waals surface area contributed by atoms with Gasteiger partial charge in [0.15, 0.2) is 0 Å². The van der Waals surface area contributed by atoms with E-state index >= 15 is 0 Å². The molecule has 0 radical (unpaired) electrons. The van der Waals surface area contributed by atoms with Crippen LogP contribution >= 0.6 is 0 Å². The second-order valence-electron chi connectivity index (χ2n) is 6.62. The highest BCUT2D eigenvalue weighted by Crippen LogP contribution is 2.23. The van der Waals surface area contributed by atoms with Crippen molar-refractivity contribution in [2.75, 3.05) is 10.6 Å². The molecule has 5 heteroatoms. The van der Waals surface area contributed by atoms with Gasteiger partial charge in [0, 0.05) is 16.8 Å². The van der Waals surface area contributed by atoms with Crippen molar-refractivity contribution >= 4 is 23.2 Å². The zero-order chi connectivity index (χ0) is 16.9. The Morgan fingerprint density at radius 3 is 2.41 bits per heavy atom. The van der Waals surface area contributed by atoms with Gasteiger partial charge in [-0.15, -0.1) is 0 Å². The lowest BCUT2D eigenvalue weighted by Crippen LogP contribution is -2.35. The first-order valence-electron chi connectivity index (χ1n) is 7.63.